The first kappa shape index (κ1) is 19.9. The van der Waals surface area contributed by atoms with Crippen LogP contribution >= 0.6 is 0 Å². The topological polar surface area (TPSA) is 75.4 Å². The molecule has 2 fully saturated rings. The molecule has 3 heterocycles. The molecule has 156 valence electrons. The Balaban J connectivity index is 1.70. The average Bonchev–Trinajstić information content (AvgIpc) is 3.44. The van der Waals surface area contributed by atoms with Crippen molar-refractivity contribution < 1.29 is 9.32 Å². The molecule has 0 bridgehead atoms. The summed E-state index contributed by atoms with van der Waals surface area (Å²) < 4.78 is 5.64. The highest BCUT2D eigenvalue weighted by atomic mass is 16.5. The summed E-state index contributed by atoms with van der Waals surface area (Å²) in [5, 5.41) is 4.12. The van der Waals surface area contributed by atoms with Crippen LogP contribution in [0.25, 0.3) is 11.3 Å². The molecule has 0 N–H and O–H groups in total. The standard InChI is InChI=1S/C22H31N5O2/c1-14-15(2)25-29-21(14)17-13-23-22(26(3)4)24-20(17)18-10-7-11-27(18)19(28)12-16-8-5-6-9-16/h13,16,18H,5-12H2,1-4H3. The molecule has 7 nitrogen and oxygen atoms in total. The Kier molecular flexibility index (Phi) is 5.56. The Bertz CT molecular complexity index is 885. The van der Waals surface area contributed by atoms with Crippen LogP contribution in [0.1, 0.15) is 67.9 Å². The van der Waals surface area contributed by atoms with Gasteiger partial charge >= 0.3 is 0 Å². The molecule has 2 aromatic heterocycles. The summed E-state index contributed by atoms with van der Waals surface area (Å²) in [7, 11) is 3.86. The smallest absolute Gasteiger partial charge is 0.225 e. The van der Waals surface area contributed by atoms with Crippen molar-refractivity contribution in [2.75, 3.05) is 25.5 Å². The summed E-state index contributed by atoms with van der Waals surface area (Å²) in [5.41, 5.74) is 3.58. The van der Waals surface area contributed by atoms with Crippen LogP contribution in [0.3, 0.4) is 0 Å². The number of carbonyl (C=O) groups is 1. The lowest BCUT2D eigenvalue weighted by molar-refractivity contribution is -0.133. The molecule has 4 rings (SSSR count). The zero-order valence-electron chi connectivity index (χ0n) is 17.9. The van der Waals surface area contributed by atoms with E-state index in [-0.39, 0.29) is 11.9 Å². The van der Waals surface area contributed by atoms with E-state index in [9.17, 15) is 4.79 Å². The Morgan fingerprint density at radius 2 is 1.97 bits per heavy atom. The fraction of sp³-hybridized carbons (Fsp3) is 0.636. The zero-order valence-corrected chi connectivity index (χ0v) is 17.9. The highest BCUT2D eigenvalue weighted by Crippen LogP contribution is 2.39. The third-order valence-corrected chi connectivity index (χ3v) is 6.43. The maximum Gasteiger partial charge on any atom is 0.225 e. The van der Waals surface area contributed by atoms with Crippen LogP contribution in [0.15, 0.2) is 10.7 Å². The molecule has 1 saturated carbocycles. The number of amides is 1. The maximum absolute atomic E-state index is 13.2. The van der Waals surface area contributed by atoms with Crippen LogP contribution in [0.5, 0.6) is 0 Å². The number of likely N-dealkylation sites (tertiary alicyclic amines) is 1. The molecule has 1 aliphatic carbocycles. The Labute approximate surface area is 172 Å². The van der Waals surface area contributed by atoms with E-state index in [1.165, 1.54) is 25.7 Å². The fourth-order valence-corrected chi connectivity index (χ4v) is 4.62. The van der Waals surface area contributed by atoms with Crippen LogP contribution in [-0.2, 0) is 4.79 Å². The minimum absolute atomic E-state index is 0.0367. The van der Waals surface area contributed by atoms with Gasteiger partial charge in [0.25, 0.3) is 0 Å². The van der Waals surface area contributed by atoms with E-state index in [1.54, 1.807) is 0 Å². The van der Waals surface area contributed by atoms with Crippen LogP contribution in [0.4, 0.5) is 5.95 Å². The number of hydrogen-bond acceptors (Lipinski definition) is 6. The van der Waals surface area contributed by atoms with Crippen molar-refractivity contribution in [2.45, 2.75) is 64.8 Å². The largest absolute Gasteiger partial charge is 0.356 e. The van der Waals surface area contributed by atoms with Gasteiger partial charge in [-0.15, -0.1) is 0 Å². The lowest BCUT2D eigenvalue weighted by atomic mass is 10.00. The van der Waals surface area contributed by atoms with Crippen molar-refractivity contribution in [3.05, 3.63) is 23.1 Å². The molecule has 2 aromatic rings. The molecule has 2 aliphatic rings. The summed E-state index contributed by atoms with van der Waals surface area (Å²) in [6.07, 6.45) is 9.28. The molecule has 7 heteroatoms. The first-order chi connectivity index (χ1) is 14.0. The molecule has 1 aliphatic heterocycles. The van der Waals surface area contributed by atoms with Gasteiger partial charge in [-0.1, -0.05) is 18.0 Å². The predicted molar refractivity (Wildman–Crippen MR) is 112 cm³/mol. The lowest BCUT2D eigenvalue weighted by Crippen LogP contribution is -2.32. The van der Waals surface area contributed by atoms with E-state index >= 15 is 0 Å². The van der Waals surface area contributed by atoms with Crippen LogP contribution in [0, 0.1) is 19.8 Å². The SMILES string of the molecule is Cc1noc(-c2cnc(N(C)C)nc2C2CCCN2C(=O)CC2CCCC2)c1C. The molecule has 0 radical (unpaired) electrons. The van der Waals surface area contributed by atoms with Gasteiger partial charge in [0.15, 0.2) is 5.76 Å². The van der Waals surface area contributed by atoms with Crippen molar-refractivity contribution in [3.63, 3.8) is 0 Å². The molecule has 0 spiro atoms. The van der Waals surface area contributed by atoms with Crippen molar-refractivity contribution in [3.8, 4) is 11.3 Å². The van der Waals surface area contributed by atoms with Crippen LogP contribution in [0.2, 0.25) is 0 Å². The van der Waals surface area contributed by atoms with Gasteiger partial charge in [-0.3, -0.25) is 4.79 Å². The van der Waals surface area contributed by atoms with Crippen LogP contribution in [-0.4, -0.2) is 46.6 Å². The van der Waals surface area contributed by atoms with Crippen molar-refractivity contribution >= 4 is 11.9 Å². The maximum atomic E-state index is 13.2. The monoisotopic (exact) mass is 397 g/mol. The highest BCUT2D eigenvalue weighted by molar-refractivity contribution is 5.78. The van der Waals surface area contributed by atoms with Gasteiger partial charge < -0.3 is 14.3 Å². The minimum Gasteiger partial charge on any atom is -0.356 e. The molecule has 1 amide bonds. The third-order valence-electron chi connectivity index (χ3n) is 6.43. The van der Waals surface area contributed by atoms with Gasteiger partial charge in [-0.25, -0.2) is 9.97 Å². The quantitative estimate of drug-likeness (QED) is 0.757. The summed E-state index contributed by atoms with van der Waals surface area (Å²) in [6, 6.07) is -0.0367. The molecule has 1 atom stereocenters. The highest BCUT2D eigenvalue weighted by Gasteiger charge is 2.35. The van der Waals surface area contributed by atoms with Gasteiger partial charge in [-0.2, -0.15) is 0 Å². The summed E-state index contributed by atoms with van der Waals surface area (Å²) >= 11 is 0. The van der Waals surface area contributed by atoms with Gasteiger partial charge in [0, 0.05) is 38.8 Å². The van der Waals surface area contributed by atoms with E-state index < -0.39 is 0 Å². The van der Waals surface area contributed by atoms with Gasteiger partial charge in [0.2, 0.25) is 11.9 Å². The number of rotatable bonds is 5. The second-order valence-corrected chi connectivity index (χ2v) is 8.69. The number of nitrogens with zero attached hydrogens (tertiary/aromatic N) is 5. The van der Waals surface area contributed by atoms with Gasteiger partial charge in [-0.05, 0) is 45.4 Å². The third kappa shape index (κ3) is 3.87. The van der Waals surface area contributed by atoms with E-state index in [4.69, 9.17) is 9.51 Å². The van der Waals surface area contributed by atoms with Crippen molar-refractivity contribution in [1.29, 1.82) is 0 Å². The van der Waals surface area contributed by atoms with Crippen LogP contribution < -0.4 is 4.90 Å². The summed E-state index contributed by atoms with van der Waals surface area (Å²) in [6.45, 7) is 4.73. The lowest BCUT2D eigenvalue weighted by Gasteiger charge is -2.27. The minimum atomic E-state index is -0.0367. The number of hydrogen-bond donors (Lipinski definition) is 0. The Morgan fingerprint density at radius 1 is 1.21 bits per heavy atom. The second-order valence-electron chi connectivity index (χ2n) is 8.69. The number of anilines is 1. The predicted octanol–water partition coefficient (Wildman–Crippen LogP) is 4.06. The first-order valence-corrected chi connectivity index (χ1v) is 10.7. The Hall–Kier alpha value is -2.44. The molecule has 0 aromatic carbocycles. The molecule has 1 saturated heterocycles. The van der Waals surface area contributed by atoms with Gasteiger partial charge in [0.1, 0.15) is 0 Å². The normalized spacial score (nSPS) is 19.9. The average molecular weight is 398 g/mol. The molecule has 29 heavy (non-hydrogen) atoms. The molecular formula is C22H31N5O2. The Morgan fingerprint density at radius 3 is 2.62 bits per heavy atom. The first-order valence-electron chi connectivity index (χ1n) is 10.7. The summed E-state index contributed by atoms with van der Waals surface area (Å²) in [5.74, 6) is 2.16. The number of aryl methyl sites for hydroxylation is 1. The van der Waals surface area contributed by atoms with E-state index in [0.29, 0.717) is 24.0 Å². The van der Waals surface area contributed by atoms with E-state index in [0.717, 1.165) is 41.9 Å². The second kappa shape index (κ2) is 8.13. The molecule has 1 unspecified atom stereocenters. The molecular weight excluding hydrogens is 366 g/mol. The van der Waals surface area contributed by atoms with Crippen molar-refractivity contribution in [2.24, 2.45) is 5.92 Å². The van der Waals surface area contributed by atoms with Gasteiger partial charge in [0.05, 0.1) is 23.0 Å². The zero-order chi connectivity index (χ0) is 20.5. The number of aromatic nitrogens is 3. The van der Waals surface area contributed by atoms with E-state index in [1.807, 2.05) is 43.9 Å². The number of carbonyl (C=O) groups excluding carboxylic acids is 1. The van der Waals surface area contributed by atoms with Crippen molar-refractivity contribution in [1.82, 2.24) is 20.0 Å². The van der Waals surface area contributed by atoms with E-state index in [2.05, 4.69) is 10.1 Å². The summed E-state index contributed by atoms with van der Waals surface area (Å²) in [4.78, 5) is 26.5. The fourth-order valence-electron chi connectivity index (χ4n) is 4.62.